The number of aromatic nitrogens is 6. The van der Waals surface area contributed by atoms with Crippen LogP contribution in [-0.2, 0) is 19.0 Å². The van der Waals surface area contributed by atoms with Crippen molar-refractivity contribution >= 4 is 21.9 Å². The van der Waals surface area contributed by atoms with Crippen molar-refractivity contribution < 1.29 is 0 Å². The summed E-state index contributed by atoms with van der Waals surface area (Å²) in [6.45, 7) is 8.40. The lowest BCUT2D eigenvalue weighted by Gasteiger charge is -2.16. The van der Waals surface area contributed by atoms with E-state index < -0.39 is 5.41 Å². The zero-order valence-electron chi connectivity index (χ0n) is 19.9. The molecular weight excluding hydrogens is 426 g/mol. The molecule has 0 unspecified atom stereocenters. The molecule has 8 nitrogen and oxygen atoms in total. The standard InChI is InChI=1S/C26H25N7O/c1-6-32-14-23(16(2)30-32)33-24-20-10-17(18-9-19(12-28-11-18)26(3,4)15-27)7-8-21(20)29-13-22(24)31(5)25(33)34/h7-14H,6H2,1-5H3. The zero-order valence-corrected chi connectivity index (χ0v) is 19.9. The van der Waals surface area contributed by atoms with Crippen LogP contribution in [0.4, 0.5) is 0 Å². The molecular formula is C26H25N7O. The highest BCUT2D eigenvalue weighted by Crippen LogP contribution is 2.32. The van der Waals surface area contributed by atoms with Crippen LogP contribution in [0.25, 0.3) is 38.8 Å². The lowest BCUT2D eigenvalue weighted by atomic mass is 9.86. The number of nitrogens with zero attached hydrogens (tertiary/aromatic N) is 7. The summed E-state index contributed by atoms with van der Waals surface area (Å²) < 4.78 is 5.18. The Kier molecular flexibility index (Phi) is 4.87. The van der Waals surface area contributed by atoms with Gasteiger partial charge in [-0.25, -0.2) is 4.79 Å². The number of imidazole rings is 1. The molecule has 0 atom stereocenters. The molecule has 0 N–H and O–H groups in total. The highest BCUT2D eigenvalue weighted by Gasteiger charge is 2.22. The Morgan fingerprint density at radius 1 is 1.12 bits per heavy atom. The first kappa shape index (κ1) is 21.6. The second kappa shape index (κ2) is 7.66. The van der Waals surface area contributed by atoms with Crippen molar-refractivity contribution in [3.05, 3.63) is 70.8 Å². The Labute approximate surface area is 196 Å². The van der Waals surface area contributed by atoms with E-state index in [1.807, 2.05) is 62.8 Å². The van der Waals surface area contributed by atoms with Gasteiger partial charge in [0.05, 0.1) is 45.6 Å². The van der Waals surface area contributed by atoms with Gasteiger partial charge in [0.1, 0.15) is 0 Å². The minimum atomic E-state index is -0.647. The number of fused-ring (bicyclic) bond motifs is 3. The van der Waals surface area contributed by atoms with Gasteiger partial charge in [-0.1, -0.05) is 6.07 Å². The number of nitriles is 1. The topological polar surface area (TPSA) is 94.3 Å². The number of rotatable bonds is 4. The molecule has 0 aliphatic carbocycles. The van der Waals surface area contributed by atoms with E-state index in [0.717, 1.165) is 56.6 Å². The lowest BCUT2D eigenvalue weighted by molar-refractivity contribution is 0.653. The van der Waals surface area contributed by atoms with Crippen LogP contribution in [0.3, 0.4) is 0 Å². The molecule has 0 bridgehead atoms. The van der Waals surface area contributed by atoms with E-state index in [1.165, 1.54) is 0 Å². The maximum atomic E-state index is 13.3. The van der Waals surface area contributed by atoms with Crippen LogP contribution in [0, 0.1) is 18.3 Å². The number of benzene rings is 1. The summed E-state index contributed by atoms with van der Waals surface area (Å²) >= 11 is 0. The average Bonchev–Trinajstić information content (AvgIpc) is 3.35. The summed E-state index contributed by atoms with van der Waals surface area (Å²) in [6, 6.07) is 10.3. The van der Waals surface area contributed by atoms with Gasteiger partial charge >= 0.3 is 5.69 Å². The Morgan fingerprint density at radius 2 is 1.91 bits per heavy atom. The predicted octanol–water partition coefficient (Wildman–Crippen LogP) is 4.27. The molecule has 4 aromatic heterocycles. The molecule has 0 aliphatic heterocycles. The van der Waals surface area contributed by atoms with Gasteiger partial charge in [-0.2, -0.15) is 10.4 Å². The van der Waals surface area contributed by atoms with E-state index in [-0.39, 0.29) is 5.69 Å². The van der Waals surface area contributed by atoms with Crippen molar-refractivity contribution in [1.82, 2.24) is 28.9 Å². The smallest absolute Gasteiger partial charge is 0.293 e. The normalized spacial score (nSPS) is 11.9. The molecule has 170 valence electrons. The maximum Gasteiger partial charge on any atom is 0.333 e. The molecule has 0 fully saturated rings. The molecule has 0 spiro atoms. The monoisotopic (exact) mass is 451 g/mol. The van der Waals surface area contributed by atoms with E-state index in [0.29, 0.717) is 0 Å². The predicted molar refractivity (Wildman–Crippen MR) is 132 cm³/mol. The van der Waals surface area contributed by atoms with Gasteiger partial charge in [-0.15, -0.1) is 0 Å². The minimum absolute atomic E-state index is 0.145. The molecule has 34 heavy (non-hydrogen) atoms. The second-order valence-corrected chi connectivity index (χ2v) is 9.06. The number of aryl methyl sites for hydroxylation is 3. The summed E-state index contributed by atoms with van der Waals surface area (Å²) in [7, 11) is 1.76. The molecule has 4 heterocycles. The van der Waals surface area contributed by atoms with Crippen molar-refractivity contribution in [1.29, 1.82) is 5.26 Å². The van der Waals surface area contributed by atoms with E-state index in [1.54, 1.807) is 34.8 Å². The Bertz CT molecular complexity index is 1680. The fourth-order valence-corrected chi connectivity index (χ4v) is 4.29. The third-order valence-corrected chi connectivity index (χ3v) is 6.44. The third kappa shape index (κ3) is 3.20. The van der Waals surface area contributed by atoms with Gasteiger partial charge in [0, 0.05) is 43.1 Å². The minimum Gasteiger partial charge on any atom is -0.293 e. The van der Waals surface area contributed by atoms with Crippen molar-refractivity contribution in [3.8, 4) is 22.9 Å². The third-order valence-electron chi connectivity index (χ3n) is 6.44. The first-order valence-electron chi connectivity index (χ1n) is 11.2. The van der Waals surface area contributed by atoms with Gasteiger partial charge in [-0.05, 0) is 57.0 Å². The molecule has 0 amide bonds. The van der Waals surface area contributed by atoms with Crippen LogP contribution in [0.15, 0.2) is 53.8 Å². The molecule has 0 aliphatic rings. The molecule has 5 aromatic rings. The first-order chi connectivity index (χ1) is 16.2. The van der Waals surface area contributed by atoms with Crippen LogP contribution < -0.4 is 5.69 Å². The molecule has 8 heteroatoms. The van der Waals surface area contributed by atoms with Crippen molar-refractivity contribution in [2.24, 2.45) is 7.05 Å². The highest BCUT2D eigenvalue weighted by molar-refractivity contribution is 6.04. The fourth-order valence-electron chi connectivity index (χ4n) is 4.29. The lowest BCUT2D eigenvalue weighted by Crippen LogP contribution is -2.21. The largest absolute Gasteiger partial charge is 0.333 e. The Hall–Kier alpha value is -4.25. The number of hydrogen-bond acceptors (Lipinski definition) is 5. The van der Waals surface area contributed by atoms with Gasteiger partial charge in [-0.3, -0.25) is 23.8 Å². The molecule has 5 rings (SSSR count). The van der Waals surface area contributed by atoms with E-state index in [2.05, 4.69) is 21.1 Å². The van der Waals surface area contributed by atoms with Gasteiger partial charge in [0.15, 0.2) is 0 Å². The second-order valence-electron chi connectivity index (χ2n) is 9.06. The van der Waals surface area contributed by atoms with E-state index >= 15 is 0 Å². The summed E-state index contributed by atoms with van der Waals surface area (Å²) in [4.78, 5) is 22.3. The van der Waals surface area contributed by atoms with Crippen LogP contribution >= 0.6 is 0 Å². The molecule has 1 aromatic carbocycles. The maximum absolute atomic E-state index is 13.3. The van der Waals surface area contributed by atoms with Gasteiger partial charge < -0.3 is 0 Å². The van der Waals surface area contributed by atoms with Crippen LogP contribution in [0.1, 0.15) is 32.0 Å². The van der Waals surface area contributed by atoms with Crippen LogP contribution in [0.2, 0.25) is 0 Å². The quantitative estimate of drug-likeness (QED) is 0.407. The van der Waals surface area contributed by atoms with E-state index in [4.69, 9.17) is 0 Å². The van der Waals surface area contributed by atoms with Gasteiger partial charge in [0.25, 0.3) is 0 Å². The summed E-state index contributed by atoms with van der Waals surface area (Å²) in [5.41, 5.74) is 5.77. The average molecular weight is 452 g/mol. The first-order valence-corrected chi connectivity index (χ1v) is 11.2. The van der Waals surface area contributed by atoms with Crippen LogP contribution in [-0.4, -0.2) is 28.9 Å². The Balaban J connectivity index is 1.81. The zero-order chi connectivity index (χ0) is 24.2. The van der Waals surface area contributed by atoms with Crippen molar-refractivity contribution in [3.63, 3.8) is 0 Å². The molecule has 0 saturated heterocycles. The SMILES string of the molecule is CCn1cc(-n2c(=O)n(C)c3cnc4ccc(-c5cncc(C(C)(C)C#N)c5)cc4c32)c(C)n1. The summed E-state index contributed by atoms with van der Waals surface area (Å²) in [5.74, 6) is 0. The molecule has 0 radical (unpaired) electrons. The van der Waals surface area contributed by atoms with Crippen molar-refractivity contribution in [2.75, 3.05) is 0 Å². The Morgan fingerprint density at radius 3 is 2.62 bits per heavy atom. The van der Waals surface area contributed by atoms with Gasteiger partial charge in [0.2, 0.25) is 0 Å². The summed E-state index contributed by atoms with van der Waals surface area (Å²) in [5, 5.41) is 15.0. The van der Waals surface area contributed by atoms with Crippen molar-refractivity contribution in [2.45, 2.75) is 39.7 Å². The van der Waals surface area contributed by atoms with Crippen LogP contribution in [0.5, 0.6) is 0 Å². The molecule has 0 saturated carbocycles. The fraction of sp³-hybridized carbons (Fsp3) is 0.269. The summed E-state index contributed by atoms with van der Waals surface area (Å²) in [6.07, 6.45) is 7.17. The number of pyridine rings is 2. The highest BCUT2D eigenvalue weighted by atomic mass is 16.1. The number of hydrogen-bond donors (Lipinski definition) is 0. The van der Waals surface area contributed by atoms with E-state index in [9.17, 15) is 10.1 Å².